The lowest BCUT2D eigenvalue weighted by Crippen LogP contribution is -1.99. The Labute approximate surface area is 146 Å². The van der Waals surface area contributed by atoms with E-state index in [0.29, 0.717) is 0 Å². The van der Waals surface area contributed by atoms with Crippen LogP contribution in [0.4, 0.5) is 0 Å². The monoisotopic (exact) mass is 328 g/mol. The summed E-state index contributed by atoms with van der Waals surface area (Å²) in [6.07, 6.45) is 0. The van der Waals surface area contributed by atoms with Crippen molar-refractivity contribution in [3.8, 4) is 11.3 Å². The highest BCUT2D eigenvalue weighted by Crippen LogP contribution is 2.38. The summed E-state index contributed by atoms with van der Waals surface area (Å²) in [4.78, 5) is 17.4. The SMILES string of the molecule is CCn1c(C)c(C(C)=O)c2c(-c3ccccc3)nc3ccccc3c21. The molecule has 2 aromatic heterocycles. The third kappa shape index (κ3) is 2.27. The van der Waals surface area contributed by atoms with Crippen molar-refractivity contribution in [1.29, 1.82) is 0 Å². The third-order valence-electron chi connectivity index (χ3n) is 4.87. The first kappa shape index (κ1) is 15.6. The molecule has 4 aromatic rings. The van der Waals surface area contributed by atoms with Gasteiger partial charge in [-0.3, -0.25) is 4.79 Å². The number of pyridine rings is 1. The van der Waals surface area contributed by atoms with E-state index in [2.05, 4.69) is 29.7 Å². The first-order valence-corrected chi connectivity index (χ1v) is 8.61. The van der Waals surface area contributed by atoms with Gasteiger partial charge in [0, 0.05) is 34.1 Å². The van der Waals surface area contributed by atoms with Crippen molar-refractivity contribution in [2.24, 2.45) is 0 Å². The zero-order valence-electron chi connectivity index (χ0n) is 14.7. The van der Waals surface area contributed by atoms with Crippen LogP contribution in [0.25, 0.3) is 33.1 Å². The van der Waals surface area contributed by atoms with Crippen molar-refractivity contribution in [2.45, 2.75) is 27.3 Å². The van der Waals surface area contributed by atoms with Crippen molar-refractivity contribution in [3.05, 3.63) is 65.9 Å². The molecule has 0 aliphatic rings. The van der Waals surface area contributed by atoms with E-state index in [1.54, 1.807) is 6.92 Å². The predicted octanol–water partition coefficient (Wildman–Crippen LogP) is 5.39. The van der Waals surface area contributed by atoms with Crippen LogP contribution >= 0.6 is 0 Å². The van der Waals surface area contributed by atoms with Crippen LogP contribution in [-0.2, 0) is 6.54 Å². The molecule has 0 saturated heterocycles. The summed E-state index contributed by atoms with van der Waals surface area (Å²) < 4.78 is 2.24. The summed E-state index contributed by atoms with van der Waals surface area (Å²) >= 11 is 0. The standard InChI is InChI=1S/C22H20N2O/c1-4-24-14(2)19(15(3)25)20-21(16-10-6-5-7-11-16)23-18-13-9-8-12-17(18)22(20)24/h5-13H,4H2,1-3H3. The number of nitrogens with zero attached hydrogens (tertiary/aromatic N) is 2. The molecule has 2 heterocycles. The number of ketones is 1. The minimum Gasteiger partial charge on any atom is -0.344 e. The van der Waals surface area contributed by atoms with Gasteiger partial charge in [-0.25, -0.2) is 4.98 Å². The highest BCUT2D eigenvalue weighted by Gasteiger charge is 2.23. The van der Waals surface area contributed by atoms with Crippen LogP contribution in [0.5, 0.6) is 0 Å². The van der Waals surface area contributed by atoms with E-state index < -0.39 is 0 Å². The average molecular weight is 328 g/mol. The second kappa shape index (κ2) is 5.85. The number of hydrogen-bond acceptors (Lipinski definition) is 2. The number of benzene rings is 2. The van der Waals surface area contributed by atoms with Gasteiger partial charge < -0.3 is 4.57 Å². The van der Waals surface area contributed by atoms with Crippen LogP contribution in [0, 0.1) is 6.92 Å². The summed E-state index contributed by atoms with van der Waals surface area (Å²) in [5.41, 5.74) is 5.78. The molecule has 0 saturated carbocycles. The van der Waals surface area contributed by atoms with Gasteiger partial charge in [-0.05, 0) is 26.8 Å². The van der Waals surface area contributed by atoms with E-state index in [4.69, 9.17) is 4.98 Å². The van der Waals surface area contributed by atoms with Crippen LogP contribution in [0.1, 0.15) is 29.9 Å². The maximum absolute atomic E-state index is 12.5. The average Bonchev–Trinajstić information content (AvgIpc) is 2.94. The Hall–Kier alpha value is -2.94. The largest absolute Gasteiger partial charge is 0.344 e. The second-order valence-corrected chi connectivity index (χ2v) is 6.33. The predicted molar refractivity (Wildman–Crippen MR) is 103 cm³/mol. The number of carbonyl (C=O) groups is 1. The molecule has 0 unspecified atom stereocenters. The van der Waals surface area contributed by atoms with Crippen molar-refractivity contribution in [1.82, 2.24) is 9.55 Å². The van der Waals surface area contributed by atoms with Crippen molar-refractivity contribution < 1.29 is 4.79 Å². The summed E-state index contributed by atoms with van der Waals surface area (Å²) in [5.74, 6) is 0.0870. The molecule has 0 bridgehead atoms. The molecule has 0 radical (unpaired) electrons. The van der Waals surface area contributed by atoms with Gasteiger partial charge in [-0.2, -0.15) is 0 Å². The lowest BCUT2D eigenvalue weighted by Gasteiger charge is -2.10. The highest BCUT2D eigenvalue weighted by atomic mass is 16.1. The maximum Gasteiger partial charge on any atom is 0.162 e. The summed E-state index contributed by atoms with van der Waals surface area (Å²) in [5, 5.41) is 2.06. The normalized spacial score (nSPS) is 11.3. The molecular formula is C22H20N2O. The van der Waals surface area contributed by atoms with Crippen LogP contribution in [0.2, 0.25) is 0 Å². The Morgan fingerprint density at radius 3 is 2.40 bits per heavy atom. The molecular weight excluding hydrogens is 308 g/mol. The Kier molecular flexibility index (Phi) is 3.65. The molecule has 2 aromatic carbocycles. The van der Waals surface area contributed by atoms with E-state index in [1.807, 2.05) is 43.3 Å². The number of rotatable bonds is 3. The maximum atomic E-state index is 12.5. The highest BCUT2D eigenvalue weighted by molar-refractivity contribution is 6.19. The smallest absolute Gasteiger partial charge is 0.162 e. The number of para-hydroxylation sites is 1. The number of Topliss-reactive ketones (excluding diaryl/α,β-unsaturated/α-hetero) is 1. The van der Waals surface area contributed by atoms with E-state index in [0.717, 1.165) is 50.9 Å². The van der Waals surface area contributed by atoms with E-state index >= 15 is 0 Å². The lowest BCUT2D eigenvalue weighted by molar-refractivity contribution is 0.101. The van der Waals surface area contributed by atoms with Crippen LogP contribution in [-0.4, -0.2) is 15.3 Å². The van der Waals surface area contributed by atoms with Crippen LogP contribution in [0.15, 0.2) is 54.6 Å². The fourth-order valence-corrected chi connectivity index (χ4v) is 3.83. The molecule has 124 valence electrons. The molecule has 0 N–H and O–H groups in total. The van der Waals surface area contributed by atoms with E-state index in [9.17, 15) is 4.79 Å². The number of aryl methyl sites for hydroxylation is 1. The van der Waals surface area contributed by atoms with Gasteiger partial charge in [-0.15, -0.1) is 0 Å². The third-order valence-corrected chi connectivity index (χ3v) is 4.87. The van der Waals surface area contributed by atoms with Gasteiger partial charge in [0.15, 0.2) is 5.78 Å². The van der Waals surface area contributed by atoms with Gasteiger partial charge in [0.2, 0.25) is 0 Å². The Morgan fingerprint density at radius 2 is 1.72 bits per heavy atom. The molecule has 25 heavy (non-hydrogen) atoms. The molecule has 0 amide bonds. The minimum atomic E-state index is 0.0870. The van der Waals surface area contributed by atoms with Crippen LogP contribution < -0.4 is 0 Å². The fourth-order valence-electron chi connectivity index (χ4n) is 3.83. The van der Waals surface area contributed by atoms with Crippen molar-refractivity contribution in [3.63, 3.8) is 0 Å². The molecule has 3 nitrogen and oxygen atoms in total. The molecule has 3 heteroatoms. The summed E-state index contributed by atoms with van der Waals surface area (Å²) in [7, 11) is 0. The van der Waals surface area contributed by atoms with Crippen molar-refractivity contribution >= 4 is 27.6 Å². The summed E-state index contributed by atoms with van der Waals surface area (Å²) in [6, 6.07) is 18.3. The Bertz CT molecular complexity index is 1110. The van der Waals surface area contributed by atoms with E-state index in [-0.39, 0.29) is 5.78 Å². The fraction of sp³-hybridized carbons (Fsp3) is 0.182. The topological polar surface area (TPSA) is 34.9 Å². The zero-order valence-corrected chi connectivity index (χ0v) is 14.7. The second-order valence-electron chi connectivity index (χ2n) is 6.33. The van der Waals surface area contributed by atoms with Gasteiger partial charge >= 0.3 is 0 Å². The molecule has 0 aliphatic carbocycles. The van der Waals surface area contributed by atoms with Gasteiger partial charge in [0.05, 0.1) is 16.7 Å². The van der Waals surface area contributed by atoms with Gasteiger partial charge in [0.1, 0.15) is 0 Å². The lowest BCUT2D eigenvalue weighted by atomic mass is 10.00. The first-order chi connectivity index (χ1) is 12.1. The molecule has 4 rings (SSSR count). The summed E-state index contributed by atoms with van der Waals surface area (Å²) in [6.45, 7) is 6.61. The van der Waals surface area contributed by atoms with Gasteiger partial charge in [0.25, 0.3) is 0 Å². The molecule has 0 aliphatic heterocycles. The Morgan fingerprint density at radius 1 is 1.04 bits per heavy atom. The Balaban J connectivity index is 2.30. The quantitative estimate of drug-likeness (QED) is 0.473. The molecule has 0 spiro atoms. The van der Waals surface area contributed by atoms with Crippen LogP contribution in [0.3, 0.4) is 0 Å². The van der Waals surface area contributed by atoms with Crippen molar-refractivity contribution in [2.75, 3.05) is 0 Å². The van der Waals surface area contributed by atoms with Gasteiger partial charge in [-0.1, -0.05) is 48.5 Å². The molecule has 0 fully saturated rings. The minimum absolute atomic E-state index is 0.0870. The first-order valence-electron chi connectivity index (χ1n) is 8.61. The number of hydrogen-bond donors (Lipinski definition) is 0. The molecule has 0 atom stereocenters. The van der Waals surface area contributed by atoms with E-state index in [1.165, 1.54) is 0 Å². The number of aromatic nitrogens is 2. The zero-order chi connectivity index (χ0) is 17.6. The number of carbonyl (C=O) groups excluding carboxylic acids is 1. The number of fused-ring (bicyclic) bond motifs is 3.